The molecule has 0 amide bonds. The van der Waals surface area contributed by atoms with Crippen molar-refractivity contribution in [1.82, 2.24) is 10.2 Å². The van der Waals surface area contributed by atoms with Crippen LogP contribution in [-0.2, 0) is 0 Å². The van der Waals surface area contributed by atoms with Gasteiger partial charge in [0, 0.05) is 24.7 Å². The summed E-state index contributed by atoms with van der Waals surface area (Å²) in [5, 5.41) is 3.89. The van der Waals surface area contributed by atoms with E-state index in [0.29, 0.717) is 5.54 Å². The highest BCUT2D eigenvalue weighted by Gasteiger charge is 2.39. The van der Waals surface area contributed by atoms with Crippen LogP contribution in [0.15, 0.2) is 0 Å². The number of nitrogens with one attached hydrogen (secondary N) is 1. The van der Waals surface area contributed by atoms with Gasteiger partial charge >= 0.3 is 0 Å². The molecule has 1 saturated heterocycles. The molecule has 1 N–H and O–H groups in total. The summed E-state index contributed by atoms with van der Waals surface area (Å²) in [6.07, 6.45) is 8.38. The molecule has 1 aliphatic heterocycles. The summed E-state index contributed by atoms with van der Waals surface area (Å²) in [5.74, 6) is 0.818. The molecule has 2 fully saturated rings. The standard InChI is InChI=1S/C14H28N2/c1-4-12(2)13-10-15-14(11-16(13)3)8-6-5-7-9-14/h12-13,15H,4-11H2,1-3H3. The van der Waals surface area contributed by atoms with Crippen LogP contribution in [-0.4, -0.2) is 36.6 Å². The van der Waals surface area contributed by atoms with Gasteiger partial charge in [0.15, 0.2) is 0 Å². The first-order chi connectivity index (χ1) is 7.67. The monoisotopic (exact) mass is 224 g/mol. The molecule has 2 unspecified atom stereocenters. The van der Waals surface area contributed by atoms with Crippen molar-refractivity contribution in [1.29, 1.82) is 0 Å². The van der Waals surface area contributed by atoms with Crippen molar-refractivity contribution >= 4 is 0 Å². The van der Waals surface area contributed by atoms with Crippen LogP contribution in [0.4, 0.5) is 0 Å². The zero-order valence-corrected chi connectivity index (χ0v) is 11.3. The van der Waals surface area contributed by atoms with Gasteiger partial charge in [-0.25, -0.2) is 0 Å². The topological polar surface area (TPSA) is 15.3 Å². The Hall–Kier alpha value is -0.0800. The van der Waals surface area contributed by atoms with Crippen molar-refractivity contribution in [2.75, 3.05) is 20.1 Å². The number of nitrogens with zero attached hydrogens (tertiary/aromatic N) is 1. The van der Waals surface area contributed by atoms with Crippen molar-refractivity contribution in [3.8, 4) is 0 Å². The fraction of sp³-hybridized carbons (Fsp3) is 1.00. The van der Waals surface area contributed by atoms with Gasteiger partial charge in [0.1, 0.15) is 0 Å². The maximum Gasteiger partial charge on any atom is 0.0309 e. The molecule has 0 radical (unpaired) electrons. The van der Waals surface area contributed by atoms with E-state index >= 15 is 0 Å². The maximum atomic E-state index is 3.89. The molecule has 2 nitrogen and oxygen atoms in total. The van der Waals surface area contributed by atoms with E-state index in [4.69, 9.17) is 0 Å². The Labute approximate surface area is 101 Å². The third-order valence-corrected chi connectivity index (χ3v) is 4.92. The van der Waals surface area contributed by atoms with Crippen molar-refractivity contribution < 1.29 is 0 Å². The van der Waals surface area contributed by atoms with Crippen LogP contribution in [0.1, 0.15) is 52.4 Å². The van der Waals surface area contributed by atoms with Gasteiger partial charge < -0.3 is 10.2 Å². The lowest BCUT2D eigenvalue weighted by Crippen LogP contribution is -2.64. The summed E-state index contributed by atoms with van der Waals surface area (Å²) in [4.78, 5) is 2.62. The second-order valence-electron chi connectivity index (χ2n) is 6.09. The second-order valence-corrected chi connectivity index (χ2v) is 6.09. The highest BCUT2D eigenvalue weighted by Crippen LogP contribution is 2.32. The molecular weight excluding hydrogens is 196 g/mol. The fourth-order valence-electron chi connectivity index (χ4n) is 3.60. The number of likely N-dealkylation sites (N-methyl/N-ethyl adjacent to an activating group) is 1. The summed E-state index contributed by atoms with van der Waals surface area (Å²) in [6, 6.07) is 0.748. The molecular formula is C14H28N2. The largest absolute Gasteiger partial charge is 0.308 e. The summed E-state index contributed by atoms with van der Waals surface area (Å²) in [6.45, 7) is 7.17. The Bertz CT molecular complexity index is 221. The first-order valence-corrected chi connectivity index (χ1v) is 7.12. The van der Waals surface area contributed by atoms with Crippen LogP contribution in [0.3, 0.4) is 0 Å². The van der Waals surface area contributed by atoms with Crippen molar-refractivity contribution in [3.05, 3.63) is 0 Å². The number of hydrogen-bond donors (Lipinski definition) is 1. The molecule has 0 aromatic rings. The van der Waals surface area contributed by atoms with Crippen molar-refractivity contribution in [2.45, 2.75) is 64.0 Å². The maximum absolute atomic E-state index is 3.89. The molecule has 1 saturated carbocycles. The van der Waals surface area contributed by atoms with Gasteiger partial charge in [-0.05, 0) is 25.8 Å². The minimum atomic E-state index is 0.469. The van der Waals surface area contributed by atoms with E-state index in [1.54, 1.807) is 0 Å². The highest BCUT2D eigenvalue weighted by atomic mass is 15.2. The highest BCUT2D eigenvalue weighted by molar-refractivity contribution is 4.99. The van der Waals surface area contributed by atoms with Gasteiger partial charge in [-0.2, -0.15) is 0 Å². The molecule has 94 valence electrons. The molecule has 2 rings (SSSR count). The molecule has 0 aromatic carbocycles. The minimum Gasteiger partial charge on any atom is -0.308 e. The summed E-state index contributed by atoms with van der Waals surface area (Å²) in [5.41, 5.74) is 0.469. The van der Waals surface area contributed by atoms with Gasteiger partial charge in [-0.15, -0.1) is 0 Å². The lowest BCUT2D eigenvalue weighted by atomic mass is 9.78. The van der Waals surface area contributed by atoms with E-state index in [0.717, 1.165) is 12.0 Å². The third-order valence-electron chi connectivity index (χ3n) is 4.92. The Balaban J connectivity index is 1.95. The van der Waals surface area contributed by atoms with Gasteiger partial charge in [-0.3, -0.25) is 0 Å². The Morgan fingerprint density at radius 2 is 2.00 bits per heavy atom. The number of hydrogen-bond acceptors (Lipinski definition) is 2. The fourth-order valence-corrected chi connectivity index (χ4v) is 3.60. The molecule has 2 atom stereocenters. The first kappa shape index (κ1) is 12.4. The zero-order valence-electron chi connectivity index (χ0n) is 11.3. The van der Waals surface area contributed by atoms with E-state index in [-0.39, 0.29) is 0 Å². The van der Waals surface area contributed by atoms with Crippen LogP contribution in [0.5, 0.6) is 0 Å². The van der Waals surface area contributed by atoms with Crippen LogP contribution in [0.25, 0.3) is 0 Å². The zero-order chi connectivity index (χ0) is 11.6. The minimum absolute atomic E-state index is 0.469. The third kappa shape index (κ3) is 2.43. The Kier molecular flexibility index (Phi) is 3.91. The Morgan fingerprint density at radius 1 is 1.31 bits per heavy atom. The van der Waals surface area contributed by atoms with Crippen molar-refractivity contribution in [3.63, 3.8) is 0 Å². The number of piperazine rings is 1. The van der Waals surface area contributed by atoms with E-state index in [9.17, 15) is 0 Å². The first-order valence-electron chi connectivity index (χ1n) is 7.12. The molecule has 0 bridgehead atoms. The molecule has 1 heterocycles. The molecule has 1 spiro atoms. The van der Waals surface area contributed by atoms with Crippen LogP contribution in [0.2, 0.25) is 0 Å². The predicted molar refractivity (Wildman–Crippen MR) is 69.7 cm³/mol. The average Bonchev–Trinajstić information content (AvgIpc) is 2.29. The quantitative estimate of drug-likeness (QED) is 0.776. The van der Waals surface area contributed by atoms with Crippen LogP contribution < -0.4 is 5.32 Å². The smallest absolute Gasteiger partial charge is 0.0309 e. The molecule has 1 aliphatic carbocycles. The Morgan fingerprint density at radius 3 is 2.56 bits per heavy atom. The lowest BCUT2D eigenvalue weighted by molar-refractivity contribution is 0.0516. The van der Waals surface area contributed by atoms with E-state index in [1.807, 2.05) is 0 Å². The molecule has 2 aliphatic rings. The molecule has 2 heteroatoms. The predicted octanol–water partition coefficient (Wildman–Crippen LogP) is 2.64. The summed E-state index contributed by atoms with van der Waals surface area (Å²) >= 11 is 0. The van der Waals surface area contributed by atoms with E-state index < -0.39 is 0 Å². The summed E-state index contributed by atoms with van der Waals surface area (Å²) < 4.78 is 0. The van der Waals surface area contributed by atoms with Crippen LogP contribution in [0, 0.1) is 5.92 Å². The molecule has 0 aromatic heterocycles. The van der Waals surface area contributed by atoms with Crippen LogP contribution >= 0.6 is 0 Å². The second kappa shape index (κ2) is 5.05. The van der Waals surface area contributed by atoms with Gasteiger partial charge in [-0.1, -0.05) is 39.5 Å². The van der Waals surface area contributed by atoms with Crippen molar-refractivity contribution in [2.24, 2.45) is 5.92 Å². The average molecular weight is 224 g/mol. The summed E-state index contributed by atoms with van der Waals surface area (Å²) in [7, 11) is 2.33. The number of rotatable bonds is 2. The normalized spacial score (nSPS) is 32.8. The van der Waals surface area contributed by atoms with E-state index in [2.05, 4.69) is 31.1 Å². The van der Waals surface area contributed by atoms with Gasteiger partial charge in [0.25, 0.3) is 0 Å². The van der Waals surface area contributed by atoms with E-state index in [1.165, 1.54) is 51.6 Å². The van der Waals surface area contributed by atoms with Gasteiger partial charge in [0.2, 0.25) is 0 Å². The SMILES string of the molecule is CCC(C)C1CNC2(CCCCC2)CN1C. The van der Waals surface area contributed by atoms with Gasteiger partial charge in [0.05, 0.1) is 0 Å². The molecule has 16 heavy (non-hydrogen) atoms. The lowest BCUT2D eigenvalue weighted by Gasteiger charge is -2.50.